The normalized spacial score (nSPS) is 18.6. The number of thioether (sulfide) groups is 1. The van der Waals surface area contributed by atoms with Crippen LogP contribution in [0.1, 0.15) is 45.8 Å². The van der Waals surface area contributed by atoms with Gasteiger partial charge in [0.05, 0.1) is 16.9 Å². The Labute approximate surface area is 214 Å². The van der Waals surface area contributed by atoms with Crippen LogP contribution < -0.4 is 10.4 Å². The lowest BCUT2D eigenvalue weighted by Crippen LogP contribution is -2.66. The third kappa shape index (κ3) is 3.74. The van der Waals surface area contributed by atoms with Gasteiger partial charge in [0.25, 0.3) is 5.91 Å². The molecule has 1 unspecified atom stereocenters. The predicted molar refractivity (Wildman–Crippen MR) is 134 cm³/mol. The summed E-state index contributed by atoms with van der Waals surface area (Å²) in [6.45, 7) is 0. The summed E-state index contributed by atoms with van der Waals surface area (Å²) < 4.78 is 34.2. The van der Waals surface area contributed by atoms with Crippen LogP contribution in [0.15, 0.2) is 45.9 Å². The number of aromatic hydroxyl groups is 1. The Morgan fingerprint density at radius 2 is 1.97 bits per heavy atom. The van der Waals surface area contributed by atoms with E-state index in [1.807, 2.05) is 0 Å². The van der Waals surface area contributed by atoms with Crippen molar-refractivity contribution in [1.82, 2.24) is 9.58 Å². The van der Waals surface area contributed by atoms with Crippen LogP contribution in [0, 0.1) is 22.5 Å². The molecular weight excluding hydrogens is 504 g/mol. The Bertz CT molecular complexity index is 1530. The molecule has 3 heterocycles. The topological polar surface area (TPSA) is 127 Å². The first-order chi connectivity index (χ1) is 17.6. The zero-order valence-corrected chi connectivity index (χ0v) is 20.8. The molecular formula is C25H23F2N5O4S. The highest BCUT2D eigenvalue weighted by Gasteiger charge is 2.52. The summed E-state index contributed by atoms with van der Waals surface area (Å²) in [6, 6.07) is 4.81. The second kappa shape index (κ2) is 8.87. The van der Waals surface area contributed by atoms with Gasteiger partial charge in [-0.3, -0.25) is 30.1 Å². The van der Waals surface area contributed by atoms with Gasteiger partial charge in [-0.25, -0.2) is 8.78 Å². The molecule has 9 nitrogen and oxygen atoms in total. The first-order valence-electron chi connectivity index (χ1n) is 11.4. The van der Waals surface area contributed by atoms with Gasteiger partial charge in [0.15, 0.2) is 17.1 Å². The van der Waals surface area contributed by atoms with Gasteiger partial charge >= 0.3 is 0 Å². The van der Waals surface area contributed by atoms with Crippen LogP contribution in [0.4, 0.5) is 8.78 Å². The molecule has 2 aliphatic rings. The number of nitrogens with zero attached hydrogens (tertiary/aromatic N) is 3. The monoisotopic (exact) mass is 527 g/mol. The number of nitrogens with one attached hydrogen (secondary N) is 2. The van der Waals surface area contributed by atoms with Gasteiger partial charge in [0.1, 0.15) is 22.4 Å². The number of halogens is 2. The van der Waals surface area contributed by atoms with Crippen LogP contribution in [0.25, 0.3) is 0 Å². The minimum atomic E-state index is -0.939. The van der Waals surface area contributed by atoms with Crippen molar-refractivity contribution in [2.75, 3.05) is 19.1 Å². The second-order valence-electron chi connectivity index (χ2n) is 9.00. The Morgan fingerprint density at radius 1 is 1.22 bits per heavy atom. The van der Waals surface area contributed by atoms with Crippen molar-refractivity contribution in [3.05, 3.63) is 86.7 Å². The number of carbonyl (C=O) groups is 1. The van der Waals surface area contributed by atoms with E-state index in [0.29, 0.717) is 30.7 Å². The average molecular weight is 528 g/mol. The first-order valence-corrected chi connectivity index (χ1v) is 12.2. The van der Waals surface area contributed by atoms with Crippen molar-refractivity contribution in [3.8, 4) is 5.75 Å². The van der Waals surface area contributed by atoms with Crippen LogP contribution in [-0.4, -0.2) is 44.8 Å². The molecule has 1 spiro atoms. The summed E-state index contributed by atoms with van der Waals surface area (Å²) in [5.74, 6) is -2.18. The molecule has 3 aromatic rings. The number of aryl methyl sites for hydroxylation is 1. The zero-order chi connectivity index (χ0) is 26.6. The Morgan fingerprint density at radius 3 is 2.70 bits per heavy atom. The molecule has 12 heteroatoms. The van der Waals surface area contributed by atoms with Crippen LogP contribution in [0.3, 0.4) is 0 Å². The van der Waals surface area contributed by atoms with E-state index in [0.717, 1.165) is 23.8 Å². The Kier molecular flexibility index (Phi) is 5.94. The molecule has 1 aromatic carbocycles. The van der Waals surface area contributed by atoms with Crippen molar-refractivity contribution in [1.29, 1.82) is 10.8 Å². The molecule has 3 N–H and O–H groups in total. The number of fused-ring (bicyclic) bond motifs is 3. The molecule has 0 saturated carbocycles. The fraction of sp³-hybridized carbons (Fsp3) is 0.280. The fourth-order valence-electron chi connectivity index (χ4n) is 5.17. The Hall–Kier alpha value is -3.93. The maximum Gasteiger partial charge on any atom is 0.278 e. The van der Waals surface area contributed by atoms with Crippen molar-refractivity contribution in [3.63, 3.8) is 0 Å². The van der Waals surface area contributed by atoms with Crippen molar-refractivity contribution >= 4 is 27.8 Å². The van der Waals surface area contributed by atoms with E-state index in [1.54, 1.807) is 31.4 Å². The molecule has 2 aromatic heterocycles. The van der Waals surface area contributed by atoms with E-state index in [9.17, 15) is 23.5 Å². The van der Waals surface area contributed by atoms with Gasteiger partial charge < -0.3 is 14.4 Å². The van der Waals surface area contributed by atoms with Crippen LogP contribution in [0.5, 0.6) is 5.75 Å². The highest BCUT2D eigenvalue weighted by molar-refractivity contribution is 8.26. The van der Waals surface area contributed by atoms with Crippen LogP contribution in [0.2, 0.25) is 0 Å². The molecule has 192 valence electrons. The summed E-state index contributed by atoms with van der Waals surface area (Å²) in [4.78, 5) is 27.9. The largest absolute Gasteiger partial charge is 0.502 e. The number of pyridine rings is 1. The Balaban J connectivity index is 1.51. The van der Waals surface area contributed by atoms with E-state index in [-0.39, 0.29) is 33.3 Å². The number of carbonyl (C=O) groups excluding carboxylic acids is 1. The summed E-state index contributed by atoms with van der Waals surface area (Å²) in [5, 5.41) is 28.7. The van der Waals surface area contributed by atoms with E-state index in [4.69, 9.17) is 15.2 Å². The lowest BCUT2D eigenvalue weighted by atomic mass is 9.84. The minimum absolute atomic E-state index is 0.0697. The lowest BCUT2D eigenvalue weighted by molar-refractivity contribution is 0.0298. The van der Waals surface area contributed by atoms with Crippen LogP contribution >= 0.6 is 11.8 Å². The minimum Gasteiger partial charge on any atom is -0.502 e. The van der Waals surface area contributed by atoms with Crippen molar-refractivity contribution in [2.45, 2.75) is 31.3 Å². The van der Waals surface area contributed by atoms with E-state index < -0.39 is 34.4 Å². The molecule has 5 rings (SSSR count). The maximum absolute atomic E-state index is 14.0. The van der Waals surface area contributed by atoms with E-state index in [1.165, 1.54) is 21.8 Å². The van der Waals surface area contributed by atoms with Gasteiger partial charge in [0, 0.05) is 44.8 Å². The third-order valence-electron chi connectivity index (χ3n) is 7.03. The molecule has 1 aliphatic carbocycles. The smallest absolute Gasteiger partial charge is 0.278 e. The highest BCUT2D eigenvalue weighted by atomic mass is 32.2. The van der Waals surface area contributed by atoms with Crippen molar-refractivity contribution in [2.24, 2.45) is 0 Å². The molecule has 0 saturated heterocycles. The van der Waals surface area contributed by atoms with Gasteiger partial charge in [-0.1, -0.05) is 17.8 Å². The number of benzene rings is 1. The molecule has 1 atom stereocenters. The average Bonchev–Trinajstić information content (AvgIpc) is 3.34. The molecule has 0 fully saturated rings. The summed E-state index contributed by atoms with van der Waals surface area (Å²) in [5.41, 5.74) is -1.45. The second-order valence-corrected chi connectivity index (χ2v) is 10.1. The fourth-order valence-corrected chi connectivity index (χ4v) is 5.90. The zero-order valence-electron chi connectivity index (χ0n) is 20.0. The molecule has 0 bridgehead atoms. The number of hydrogen-bond acceptors (Lipinski definition) is 8. The van der Waals surface area contributed by atoms with E-state index in [2.05, 4.69) is 0 Å². The maximum atomic E-state index is 14.0. The van der Waals surface area contributed by atoms with Gasteiger partial charge in [-0.05, 0) is 30.5 Å². The number of amides is 1. The van der Waals surface area contributed by atoms with Gasteiger partial charge in [-0.2, -0.15) is 0 Å². The quantitative estimate of drug-likeness (QED) is 0.353. The first kappa shape index (κ1) is 24.8. The van der Waals surface area contributed by atoms with Crippen molar-refractivity contribution < 1.29 is 23.1 Å². The lowest BCUT2D eigenvalue weighted by Gasteiger charge is -2.54. The SMILES string of the molecule is CN1C(=O)c2c(O)c(=O)c(C(=N)SC(=N)Cc3ccc(F)cc3F)cn2N(C)C12CCCc1occc12. The van der Waals surface area contributed by atoms with Gasteiger partial charge in [0.2, 0.25) is 5.43 Å². The molecule has 37 heavy (non-hydrogen) atoms. The van der Waals surface area contributed by atoms with Gasteiger partial charge in [-0.15, -0.1) is 0 Å². The standard InChI is InChI=1S/C25H23F2N5O4S/c1-30-24(35)20-22(34)21(33)15(23(29)37-19(28)10-13-5-6-14(26)11-17(13)27)12-32(20)31(2)25(30)8-3-4-18-16(25)7-9-36-18/h5-7,9,11-12,28-29,34H,3-4,8,10H2,1-2H3. The summed E-state index contributed by atoms with van der Waals surface area (Å²) in [6.07, 6.45) is 4.67. The summed E-state index contributed by atoms with van der Waals surface area (Å²) in [7, 11) is 3.33. The molecule has 0 radical (unpaired) electrons. The number of furan rings is 1. The molecule has 1 amide bonds. The molecule has 1 aliphatic heterocycles. The predicted octanol–water partition coefficient (Wildman–Crippen LogP) is 3.55. The number of rotatable bonds is 3. The highest BCUT2D eigenvalue weighted by Crippen LogP contribution is 2.45. The van der Waals surface area contributed by atoms with E-state index >= 15 is 0 Å². The third-order valence-corrected chi connectivity index (χ3v) is 7.84. The van der Waals surface area contributed by atoms with Crippen LogP contribution in [-0.2, 0) is 18.5 Å². The summed E-state index contributed by atoms with van der Waals surface area (Å²) >= 11 is 0.606. The number of hydrogen-bond donors (Lipinski definition) is 3. The number of aromatic nitrogens is 1.